The second kappa shape index (κ2) is 5.09. The molecule has 5 N–H and O–H groups in total. The van der Waals surface area contributed by atoms with Crippen LogP contribution in [0.15, 0.2) is 22.7 Å². The first kappa shape index (κ1) is 12.7. The summed E-state index contributed by atoms with van der Waals surface area (Å²) in [5, 5.41) is 8.58. The summed E-state index contributed by atoms with van der Waals surface area (Å²) in [6, 6.07) is 3.58. The van der Waals surface area contributed by atoms with Crippen molar-refractivity contribution in [2.45, 2.75) is 12.5 Å². The lowest BCUT2D eigenvalue weighted by molar-refractivity contribution is -0.138. The molecule has 0 heterocycles. The number of Topliss-reactive ketones (excluding diaryl/α,β-unsaturated/α-hetero) is 1. The molecule has 1 rings (SSSR count). The van der Waals surface area contributed by atoms with E-state index in [0.717, 1.165) is 4.47 Å². The van der Waals surface area contributed by atoms with Crippen molar-refractivity contribution in [3.05, 3.63) is 28.2 Å². The van der Waals surface area contributed by atoms with Crippen LogP contribution in [0.1, 0.15) is 16.8 Å². The molecule has 0 amide bonds. The van der Waals surface area contributed by atoms with E-state index in [0.29, 0.717) is 11.3 Å². The van der Waals surface area contributed by atoms with E-state index < -0.39 is 12.0 Å². The Labute approximate surface area is 101 Å². The fourth-order valence-corrected chi connectivity index (χ4v) is 1.56. The molecule has 0 aliphatic heterocycles. The molecule has 1 aromatic rings. The zero-order chi connectivity index (χ0) is 12.3. The predicted molar refractivity (Wildman–Crippen MR) is 63.1 cm³/mol. The van der Waals surface area contributed by atoms with Crippen LogP contribution >= 0.6 is 15.9 Å². The Balaban J connectivity index is 2.85. The molecular formula is C10H11BrN2O3. The van der Waals surface area contributed by atoms with Gasteiger partial charge in [0.15, 0.2) is 5.78 Å². The second-order valence-electron chi connectivity index (χ2n) is 3.30. The Hall–Kier alpha value is -1.40. The average Bonchev–Trinajstić information content (AvgIpc) is 2.16. The van der Waals surface area contributed by atoms with Crippen molar-refractivity contribution in [3.8, 4) is 0 Å². The van der Waals surface area contributed by atoms with E-state index in [-0.39, 0.29) is 12.2 Å². The Bertz CT molecular complexity index is 434. The van der Waals surface area contributed by atoms with Crippen LogP contribution < -0.4 is 11.5 Å². The molecule has 1 aromatic carbocycles. The fraction of sp³-hybridized carbons (Fsp3) is 0.200. The topological polar surface area (TPSA) is 106 Å². The largest absolute Gasteiger partial charge is 0.480 e. The van der Waals surface area contributed by atoms with Gasteiger partial charge in [-0.2, -0.15) is 0 Å². The highest BCUT2D eigenvalue weighted by atomic mass is 79.9. The second-order valence-corrected chi connectivity index (χ2v) is 4.22. The predicted octanol–water partition coefficient (Wildman–Crippen LogP) is 1.02. The van der Waals surface area contributed by atoms with Gasteiger partial charge in [-0.25, -0.2) is 0 Å². The molecule has 0 aliphatic rings. The number of carbonyl (C=O) groups excluding carboxylic acids is 1. The van der Waals surface area contributed by atoms with Gasteiger partial charge in [0, 0.05) is 22.1 Å². The van der Waals surface area contributed by atoms with Crippen LogP contribution in [-0.4, -0.2) is 22.9 Å². The smallest absolute Gasteiger partial charge is 0.320 e. The molecule has 0 aromatic heterocycles. The van der Waals surface area contributed by atoms with Gasteiger partial charge in [-0.3, -0.25) is 9.59 Å². The number of ketones is 1. The maximum atomic E-state index is 11.7. The summed E-state index contributed by atoms with van der Waals surface area (Å²) in [5.41, 5.74) is 11.5. The SMILES string of the molecule is Nc1cc(Br)ccc1C(=O)CC(N)C(=O)O. The number of aliphatic carboxylic acids is 1. The molecule has 5 nitrogen and oxygen atoms in total. The van der Waals surface area contributed by atoms with Crippen molar-refractivity contribution in [2.75, 3.05) is 5.73 Å². The average molecular weight is 287 g/mol. The number of carboxylic acids is 1. The maximum absolute atomic E-state index is 11.7. The molecule has 0 saturated carbocycles. The van der Waals surface area contributed by atoms with Gasteiger partial charge < -0.3 is 16.6 Å². The van der Waals surface area contributed by atoms with E-state index in [9.17, 15) is 9.59 Å². The van der Waals surface area contributed by atoms with Crippen LogP contribution in [0.25, 0.3) is 0 Å². The van der Waals surface area contributed by atoms with E-state index in [2.05, 4.69) is 15.9 Å². The summed E-state index contributed by atoms with van der Waals surface area (Å²) in [5.74, 6) is -1.58. The molecule has 0 bridgehead atoms. The lowest BCUT2D eigenvalue weighted by Crippen LogP contribution is -2.32. The highest BCUT2D eigenvalue weighted by Gasteiger charge is 2.18. The third kappa shape index (κ3) is 3.04. The van der Waals surface area contributed by atoms with Crippen LogP contribution in [0.3, 0.4) is 0 Å². The van der Waals surface area contributed by atoms with Crippen LogP contribution in [0.5, 0.6) is 0 Å². The van der Waals surface area contributed by atoms with Gasteiger partial charge in [-0.1, -0.05) is 15.9 Å². The molecule has 0 spiro atoms. The number of rotatable bonds is 4. The molecule has 86 valence electrons. The van der Waals surface area contributed by atoms with Gasteiger partial charge >= 0.3 is 5.97 Å². The molecule has 0 radical (unpaired) electrons. The molecule has 0 fully saturated rings. The van der Waals surface area contributed by atoms with Crippen LogP contribution in [0.4, 0.5) is 5.69 Å². The molecule has 16 heavy (non-hydrogen) atoms. The van der Waals surface area contributed by atoms with Crippen LogP contribution in [0, 0.1) is 0 Å². The van der Waals surface area contributed by atoms with E-state index in [1.165, 1.54) is 6.07 Å². The first-order valence-electron chi connectivity index (χ1n) is 4.48. The first-order valence-corrected chi connectivity index (χ1v) is 5.27. The highest BCUT2D eigenvalue weighted by molar-refractivity contribution is 9.10. The quantitative estimate of drug-likeness (QED) is 0.566. The lowest BCUT2D eigenvalue weighted by atomic mass is 10.0. The zero-order valence-corrected chi connectivity index (χ0v) is 9.90. The summed E-state index contributed by atoms with van der Waals surface area (Å²) in [4.78, 5) is 22.1. The Morgan fingerprint density at radius 2 is 2.06 bits per heavy atom. The number of nitrogens with two attached hydrogens (primary N) is 2. The highest BCUT2D eigenvalue weighted by Crippen LogP contribution is 2.20. The van der Waals surface area contributed by atoms with Crippen molar-refractivity contribution >= 4 is 33.4 Å². The zero-order valence-electron chi connectivity index (χ0n) is 8.31. The number of benzene rings is 1. The summed E-state index contributed by atoms with van der Waals surface area (Å²) >= 11 is 3.21. The summed E-state index contributed by atoms with van der Waals surface area (Å²) < 4.78 is 0.754. The third-order valence-corrected chi connectivity index (χ3v) is 2.53. The van der Waals surface area contributed by atoms with Crippen molar-refractivity contribution < 1.29 is 14.7 Å². The Morgan fingerprint density at radius 1 is 1.44 bits per heavy atom. The number of carbonyl (C=O) groups is 2. The standard InChI is InChI=1S/C10H11BrN2O3/c11-5-1-2-6(7(12)3-5)9(14)4-8(13)10(15)16/h1-3,8H,4,12-13H2,(H,15,16). The molecule has 1 atom stereocenters. The molecular weight excluding hydrogens is 276 g/mol. The molecule has 0 aliphatic carbocycles. The van der Waals surface area contributed by atoms with Gasteiger partial charge in [-0.05, 0) is 18.2 Å². The number of hydrogen-bond donors (Lipinski definition) is 3. The number of halogens is 1. The van der Waals surface area contributed by atoms with Crippen molar-refractivity contribution in [3.63, 3.8) is 0 Å². The Kier molecular flexibility index (Phi) is 4.03. The lowest BCUT2D eigenvalue weighted by Gasteiger charge is -2.07. The van der Waals surface area contributed by atoms with Crippen molar-refractivity contribution in [1.82, 2.24) is 0 Å². The van der Waals surface area contributed by atoms with E-state index in [4.69, 9.17) is 16.6 Å². The van der Waals surface area contributed by atoms with Gasteiger partial charge in [-0.15, -0.1) is 0 Å². The minimum absolute atomic E-state index is 0.263. The minimum Gasteiger partial charge on any atom is -0.480 e. The number of carboxylic acid groups (broad SMARTS) is 1. The number of nitrogen functional groups attached to an aromatic ring is 1. The molecule has 6 heteroatoms. The summed E-state index contributed by atoms with van der Waals surface area (Å²) in [7, 11) is 0. The van der Waals surface area contributed by atoms with Crippen molar-refractivity contribution in [2.24, 2.45) is 5.73 Å². The van der Waals surface area contributed by atoms with Gasteiger partial charge in [0.05, 0.1) is 0 Å². The van der Waals surface area contributed by atoms with Crippen LogP contribution in [-0.2, 0) is 4.79 Å². The number of hydrogen-bond acceptors (Lipinski definition) is 4. The third-order valence-electron chi connectivity index (χ3n) is 2.04. The maximum Gasteiger partial charge on any atom is 0.320 e. The monoisotopic (exact) mass is 286 g/mol. The fourth-order valence-electron chi connectivity index (χ4n) is 1.18. The van der Waals surface area contributed by atoms with E-state index >= 15 is 0 Å². The normalized spacial score (nSPS) is 12.1. The molecule has 0 saturated heterocycles. The van der Waals surface area contributed by atoms with E-state index in [1.807, 2.05) is 0 Å². The van der Waals surface area contributed by atoms with Gasteiger partial charge in [0.25, 0.3) is 0 Å². The van der Waals surface area contributed by atoms with Gasteiger partial charge in [0.2, 0.25) is 0 Å². The summed E-state index contributed by atoms with van der Waals surface area (Å²) in [6.45, 7) is 0. The molecule has 1 unspecified atom stereocenters. The van der Waals surface area contributed by atoms with E-state index in [1.54, 1.807) is 12.1 Å². The van der Waals surface area contributed by atoms with Crippen molar-refractivity contribution in [1.29, 1.82) is 0 Å². The Morgan fingerprint density at radius 3 is 2.56 bits per heavy atom. The summed E-state index contributed by atoms with van der Waals surface area (Å²) in [6.07, 6.45) is -0.263. The van der Waals surface area contributed by atoms with Crippen LogP contribution in [0.2, 0.25) is 0 Å². The number of anilines is 1. The minimum atomic E-state index is -1.20. The first-order chi connectivity index (χ1) is 7.41. The van der Waals surface area contributed by atoms with Gasteiger partial charge in [0.1, 0.15) is 6.04 Å².